The summed E-state index contributed by atoms with van der Waals surface area (Å²) in [7, 11) is 1.12. The van der Waals surface area contributed by atoms with Gasteiger partial charge in [-0.25, -0.2) is 0 Å². The molecule has 0 radical (unpaired) electrons. The lowest BCUT2D eigenvalue weighted by atomic mass is 10.2. The Bertz CT molecular complexity index is 153. The molecule has 0 aromatic rings. The molecule has 0 aliphatic carbocycles. The summed E-state index contributed by atoms with van der Waals surface area (Å²) in [5, 5.41) is 11.8. The summed E-state index contributed by atoms with van der Waals surface area (Å²) >= 11 is 0. The van der Waals surface area contributed by atoms with Gasteiger partial charge in [0.1, 0.15) is 0 Å². The third kappa shape index (κ3) is 7.47. The van der Waals surface area contributed by atoms with Crippen molar-refractivity contribution in [3.63, 3.8) is 0 Å². The molecule has 0 heterocycles. The monoisotopic (exact) mass is 221 g/mol. The van der Waals surface area contributed by atoms with Gasteiger partial charge >= 0.3 is 0 Å². The molecule has 0 rings (SSSR count). The third-order valence-electron chi connectivity index (χ3n) is 2.25. The molecule has 3 nitrogen and oxygen atoms in total. The van der Waals surface area contributed by atoms with Gasteiger partial charge in [-0.2, -0.15) is 0 Å². The van der Waals surface area contributed by atoms with Crippen LogP contribution in [0.3, 0.4) is 0 Å². The number of nitrogens with one attached hydrogen (secondary N) is 1. The Balaban J connectivity index is 3.56. The van der Waals surface area contributed by atoms with Crippen molar-refractivity contribution >= 4 is 10.8 Å². The Morgan fingerprint density at radius 2 is 2.14 bits per heavy atom. The Morgan fingerprint density at radius 3 is 2.64 bits per heavy atom. The second-order valence-corrected chi connectivity index (χ2v) is 5.14. The van der Waals surface area contributed by atoms with Crippen LogP contribution in [0.2, 0.25) is 0 Å². The summed E-state index contributed by atoms with van der Waals surface area (Å²) in [5.41, 5.74) is 0. The van der Waals surface area contributed by atoms with Crippen LogP contribution in [0.25, 0.3) is 0 Å². The number of aliphatic hydroxyl groups is 1. The lowest BCUT2D eigenvalue weighted by Gasteiger charge is -2.13. The van der Waals surface area contributed by atoms with Crippen molar-refractivity contribution in [2.24, 2.45) is 0 Å². The zero-order valence-corrected chi connectivity index (χ0v) is 10.1. The number of hydrogen-bond donors (Lipinski definition) is 2. The van der Waals surface area contributed by atoms with E-state index in [0.717, 1.165) is 18.6 Å². The molecule has 2 unspecified atom stereocenters. The quantitative estimate of drug-likeness (QED) is 0.569. The van der Waals surface area contributed by atoms with E-state index in [9.17, 15) is 4.21 Å². The van der Waals surface area contributed by atoms with Gasteiger partial charge in [-0.05, 0) is 19.9 Å². The van der Waals surface area contributed by atoms with Crippen LogP contribution in [-0.2, 0) is 10.8 Å². The number of aliphatic hydroxyl groups excluding tert-OH is 1. The first-order valence-electron chi connectivity index (χ1n) is 5.37. The molecule has 0 aromatic heterocycles. The van der Waals surface area contributed by atoms with Crippen LogP contribution in [0.1, 0.15) is 32.6 Å². The molecule has 0 aromatic carbocycles. The maximum atomic E-state index is 11.6. The van der Waals surface area contributed by atoms with E-state index < -0.39 is 10.8 Å². The highest BCUT2D eigenvalue weighted by atomic mass is 32.2. The highest BCUT2D eigenvalue weighted by Crippen LogP contribution is 2.00. The molecule has 0 bridgehead atoms. The molecular formula is C10H23NO2S. The summed E-state index contributed by atoms with van der Waals surface area (Å²) in [6.45, 7) is 2.31. The zero-order valence-electron chi connectivity index (χ0n) is 9.29. The predicted octanol–water partition coefficient (Wildman–Crippen LogP) is 0.896. The van der Waals surface area contributed by atoms with E-state index in [4.69, 9.17) is 5.11 Å². The Kier molecular flexibility index (Phi) is 9.67. The molecule has 4 heteroatoms. The van der Waals surface area contributed by atoms with E-state index in [-0.39, 0.29) is 12.6 Å². The fourth-order valence-corrected chi connectivity index (χ4v) is 2.76. The van der Waals surface area contributed by atoms with E-state index in [0.29, 0.717) is 12.2 Å². The SMILES string of the molecule is CCCCCS(=O)CC(CCO)NC. The molecule has 0 amide bonds. The molecule has 0 aliphatic rings. The normalized spacial score (nSPS) is 15.4. The Morgan fingerprint density at radius 1 is 1.43 bits per heavy atom. The molecule has 86 valence electrons. The molecule has 2 atom stereocenters. The van der Waals surface area contributed by atoms with E-state index in [1.165, 1.54) is 6.42 Å². The average Bonchev–Trinajstić information content (AvgIpc) is 2.17. The first-order valence-corrected chi connectivity index (χ1v) is 6.86. The van der Waals surface area contributed by atoms with Crippen LogP contribution < -0.4 is 5.32 Å². The van der Waals surface area contributed by atoms with Gasteiger partial charge in [-0.15, -0.1) is 0 Å². The molecule has 0 aliphatic heterocycles. The minimum atomic E-state index is -0.727. The van der Waals surface area contributed by atoms with Crippen LogP contribution in [0.4, 0.5) is 0 Å². The van der Waals surface area contributed by atoms with Gasteiger partial charge in [0.15, 0.2) is 0 Å². The lowest BCUT2D eigenvalue weighted by Crippen LogP contribution is -2.32. The van der Waals surface area contributed by atoms with Gasteiger partial charge in [-0.3, -0.25) is 4.21 Å². The van der Waals surface area contributed by atoms with Crippen molar-refractivity contribution in [2.45, 2.75) is 38.6 Å². The van der Waals surface area contributed by atoms with Crippen LogP contribution >= 0.6 is 0 Å². The first-order chi connectivity index (χ1) is 6.74. The van der Waals surface area contributed by atoms with Crippen LogP contribution in [0.15, 0.2) is 0 Å². The molecule has 0 saturated heterocycles. The third-order valence-corrected chi connectivity index (χ3v) is 3.77. The number of unbranched alkanes of at least 4 members (excludes halogenated alkanes) is 2. The summed E-state index contributed by atoms with van der Waals surface area (Å²) < 4.78 is 11.6. The number of hydrogen-bond acceptors (Lipinski definition) is 3. The predicted molar refractivity (Wildman–Crippen MR) is 62.0 cm³/mol. The van der Waals surface area contributed by atoms with Gasteiger partial charge in [0.2, 0.25) is 0 Å². The van der Waals surface area contributed by atoms with Gasteiger partial charge in [0, 0.05) is 35.0 Å². The van der Waals surface area contributed by atoms with E-state index in [1.54, 1.807) is 0 Å². The summed E-state index contributed by atoms with van der Waals surface area (Å²) in [6, 6.07) is 0.197. The summed E-state index contributed by atoms with van der Waals surface area (Å²) in [4.78, 5) is 0. The van der Waals surface area contributed by atoms with Crippen LogP contribution in [0.5, 0.6) is 0 Å². The molecule has 0 fully saturated rings. The van der Waals surface area contributed by atoms with E-state index in [2.05, 4.69) is 12.2 Å². The van der Waals surface area contributed by atoms with Crippen molar-refractivity contribution < 1.29 is 9.32 Å². The smallest absolute Gasteiger partial charge is 0.0446 e. The molecule has 2 N–H and O–H groups in total. The number of rotatable bonds is 9. The molecule has 14 heavy (non-hydrogen) atoms. The minimum Gasteiger partial charge on any atom is -0.396 e. The zero-order chi connectivity index (χ0) is 10.8. The standard InChI is InChI=1S/C10H23NO2S/c1-3-4-5-8-14(13)9-10(11-2)6-7-12/h10-12H,3-9H2,1-2H3. The van der Waals surface area contributed by atoms with Gasteiger partial charge in [-0.1, -0.05) is 19.8 Å². The lowest BCUT2D eigenvalue weighted by molar-refractivity contribution is 0.272. The van der Waals surface area contributed by atoms with Crippen molar-refractivity contribution in [1.29, 1.82) is 0 Å². The Labute approximate surface area is 89.7 Å². The van der Waals surface area contributed by atoms with E-state index in [1.807, 2.05) is 7.05 Å². The molecular weight excluding hydrogens is 198 g/mol. The van der Waals surface area contributed by atoms with Crippen LogP contribution in [-0.4, -0.2) is 40.5 Å². The van der Waals surface area contributed by atoms with Gasteiger partial charge in [0.25, 0.3) is 0 Å². The summed E-state index contributed by atoms with van der Waals surface area (Å²) in [6.07, 6.45) is 4.08. The fourth-order valence-electron chi connectivity index (χ4n) is 1.29. The van der Waals surface area contributed by atoms with Crippen molar-refractivity contribution in [1.82, 2.24) is 5.32 Å². The van der Waals surface area contributed by atoms with Crippen molar-refractivity contribution in [3.05, 3.63) is 0 Å². The maximum Gasteiger partial charge on any atom is 0.0446 e. The minimum absolute atomic E-state index is 0.164. The molecule has 0 saturated carbocycles. The van der Waals surface area contributed by atoms with Crippen molar-refractivity contribution in [3.8, 4) is 0 Å². The maximum absolute atomic E-state index is 11.6. The highest BCUT2D eigenvalue weighted by Gasteiger charge is 2.09. The first kappa shape index (κ1) is 14.1. The topological polar surface area (TPSA) is 49.3 Å². The second kappa shape index (κ2) is 9.62. The second-order valence-electron chi connectivity index (χ2n) is 3.52. The van der Waals surface area contributed by atoms with Crippen molar-refractivity contribution in [2.75, 3.05) is 25.2 Å². The Hall–Kier alpha value is 0.0700. The van der Waals surface area contributed by atoms with Gasteiger partial charge < -0.3 is 10.4 Å². The van der Waals surface area contributed by atoms with Gasteiger partial charge in [0.05, 0.1) is 0 Å². The molecule has 0 spiro atoms. The largest absolute Gasteiger partial charge is 0.396 e. The van der Waals surface area contributed by atoms with Crippen LogP contribution in [0, 0.1) is 0 Å². The van der Waals surface area contributed by atoms with E-state index >= 15 is 0 Å². The average molecular weight is 221 g/mol. The summed E-state index contributed by atoms with van der Waals surface area (Å²) in [5.74, 6) is 1.47. The highest BCUT2D eigenvalue weighted by molar-refractivity contribution is 7.85. The fraction of sp³-hybridized carbons (Fsp3) is 1.00.